The molecule has 0 saturated heterocycles. The van der Waals surface area contributed by atoms with Gasteiger partial charge in [-0.1, -0.05) is 15.9 Å². The van der Waals surface area contributed by atoms with E-state index in [1.165, 1.54) is 6.92 Å². The largest absolute Gasteiger partial charge is 0.416 e. The number of benzene rings is 1. The second-order valence-corrected chi connectivity index (χ2v) is 4.62. The van der Waals surface area contributed by atoms with Crippen LogP contribution in [0.15, 0.2) is 12.1 Å². The molecule has 0 fully saturated rings. The van der Waals surface area contributed by atoms with Crippen molar-refractivity contribution in [3.8, 4) is 0 Å². The van der Waals surface area contributed by atoms with E-state index in [1.807, 2.05) is 0 Å². The number of hydrogen-bond donors (Lipinski definition) is 0. The highest BCUT2D eigenvalue weighted by molar-refractivity contribution is 9.09. The van der Waals surface area contributed by atoms with E-state index in [2.05, 4.69) is 15.9 Å². The summed E-state index contributed by atoms with van der Waals surface area (Å²) in [6.07, 6.45) is -4.44. The number of rotatable bonds is 1. The van der Waals surface area contributed by atoms with Crippen LogP contribution in [-0.2, 0) is 6.18 Å². The van der Waals surface area contributed by atoms with Crippen LogP contribution in [-0.4, -0.2) is 0 Å². The van der Waals surface area contributed by atoms with E-state index in [0.717, 1.165) is 12.1 Å². The van der Waals surface area contributed by atoms with E-state index in [-0.39, 0.29) is 11.1 Å². The molecule has 0 amide bonds. The lowest BCUT2D eigenvalue weighted by Gasteiger charge is -2.16. The van der Waals surface area contributed by atoms with E-state index in [9.17, 15) is 17.6 Å². The van der Waals surface area contributed by atoms with Gasteiger partial charge in [-0.05, 0) is 31.5 Å². The van der Waals surface area contributed by atoms with E-state index in [1.54, 1.807) is 6.92 Å². The SMILES string of the molecule is Cc1c(C(F)(F)F)ccc(F)c1C(C)Br. The molecule has 0 radical (unpaired) electrons. The summed E-state index contributed by atoms with van der Waals surface area (Å²) in [5.41, 5.74) is -0.790. The van der Waals surface area contributed by atoms with Crippen molar-refractivity contribution < 1.29 is 17.6 Å². The van der Waals surface area contributed by atoms with Crippen molar-refractivity contribution >= 4 is 15.9 Å². The first-order valence-electron chi connectivity index (χ1n) is 4.25. The number of halogens is 5. The van der Waals surface area contributed by atoms with Crippen LogP contribution in [0.5, 0.6) is 0 Å². The minimum atomic E-state index is -4.44. The molecular weight excluding hydrogens is 276 g/mol. The van der Waals surface area contributed by atoms with Gasteiger partial charge >= 0.3 is 6.18 Å². The maximum Gasteiger partial charge on any atom is 0.416 e. The fraction of sp³-hybridized carbons (Fsp3) is 0.400. The molecule has 84 valence electrons. The molecular formula is C10H9BrF4. The third-order valence-electron chi connectivity index (χ3n) is 2.16. The molecule has 0 bridgehead atoms. The van der Waals surface area contributed by atoms with Crippen LogP contribution in [0.3, 0.4) is 0 Å². The fourth-order valence-corrected chi connectivity index (χ4v) is 2.05. The Morgan fingerprint density at radius 3 is 2.20 bits per heavy atom. The average Bonchev–Trinajstić information content (AvgIpc) is 2.00. The molecule has 0 N–H and O–H groups in total. The van der Waals surface area contributed by atoms with E-state index in [0.29, 0.717) is 0 Å². The van der Waals surface area contributed by atoms with Gasteiger partial charge in [0.15, 0.2) is 0 Å². The molecule has 0 aliphatic heterocycles. The van der Waals surface area contributed by atoms with Crippen LogP contribution >= 0.6 is 15.9 Å². The second kappa shape index (κ2) is 4.12. The third kappa shape index (κ3) is 2.51. The highest BCUT2D eigenvalue weighted by Gasteiger charge is 2.34. The molecule has 0 aromatic heterocycles. The van der Waals surface area contributed by atoms with Crippen LogP contribution in [0.2, 0.25) is 0 Å². The zero-order chi connectivity index (χ0) is 11.8. The van der Waals surface area contributed by atoms with Crippen molar-refractivity contribution in [2.75, 3.05) is 0 Å². The molecule has 1 unspecified atom stereocenters. The summed E-state index contributed by atoms with van der Waals surface area (Å²) in [5.74, 6) is -0.620. The van der Waals surface area contributed by atoms with Crippen molar-refractivity contribution in [2.24, 2.45) is 0 Å². The Morgan fingerprint density at radius 1 is 1.27 bits per heavy atom. The predicted molar refractivity (Wildman–Crippen MR) is 53.5 cm³/mol. The van der Waals surface area contributed by atoms with Gasteiger partial charge in [-0.25, -0.2) is 4.39 Å². The molecule has 5 heteroatoms. The van der Waals surface area contributed by atoms with Crippen molar-refractivity contribution in [2.45, 2.75) is 24.9 Å². The van der Waals surface area contributed by atoms with Crippen molar-refractivity contribution in [3.05, 3.63) is 34.6 Å². The summed E-state index contributed by atoms with van der Waals surface area (Å²) in [7, 11) is 0. The van der Waals surface area contributed by atoms with Gasteiger partial charge in [-0.3, -0.25) is 0 Å². The van der Waals surface area contributed by atoms with Gasteiger partial charge in [0, 0.05) is 10.4 Å². The average molecular weight is 285 g/mol. The van der Waals surface area contributed by atoms with E-state index < -0.39 is 22.4 Å². The highest BCUT2D eigenvalue weighted by atomic mass is 79.9. The summed E-state index contributed by atoms with van der Waals surface area (Å²) < 4.78 is 50.7. The van der Waals surface area contributed by atoms with Crippen LogP contribution in [0.1, 0.15) is 28.4 Å². The fourth-order valence-electron chi connectivity index (χ4n) is 1.49. The van der Waals surface area contributed by atoms with Gasteiger partial charge in [0.05, 0.1) is 5.56 Å². The van der Waals surface area contributed by atoms with Crippen LogP contribution in [0.25, 0.3) is 0 Å². The second-order valence-electron chi connectivity index (χ2n) is 3.25. The van der Waals surface area contributed by atoms with Crippen LogP contribution < -0.4 is 0 Å². The molecule has 15 heavy (non-hydrogen) atoms. The Bertz CT molecular complexity index is 368. The van der Waals surface area contributed by atoms with E-state index in [4.69, 9.17) is 0 Å². The van der Waals surface area contributed by atoms with E-state index >= 15 is 0 Å². The summed E-state index contributed by atoms with van der Waals surface area (Å²) in [6, 6.07) is 1.62. The predicted octanol–water partition coefficient (Wildman–Crippen LogP) is 4.61. The molecule has 1 rings (SSSR count). The van der Waals surface area contributed by atoms with Gasteiger partial charge in [-0.15, -0.1) is 0 Å². The Kier molecular flexibility index (Phi) is 3.43. The Morgan fingerprint density at radius 2 is 1.80 bits per heavy atom. The standard InChI is InChI=1S/C10H9BrF4/c1-5-7(10(13,14)15)3-4-8(12)9(5)6(2)11/h3-4,6H,1-2H3. The van der Waals surface area contributed by atoms with Crippen LogP contribution in [0, 0.1) is 12.7 Å². The molecule has 1 aromatic rings. The molecule has 1 aromatic carbocycles. The Labute approximate surface area is 93.4 Å². The minimum Gasteiger partial charge on any atom is -0.207 e. The lowest BCUT2D eigenvalue weighted by Crippen LogP contribution is -2.10. The van der Waals surface area contributed by atoms with Gasteiger partial charge in [-0.2, -0.15) is 13.2 Å². The Balaban J connectivity index is 3.42. The molecule has 0 heterocycles. The zero-order valence-electron chi connectivity index (χ0n) is 8.12. The van der Waals surface area contributed by atoms with Crippen molar-refractivity contribution in [3.63, 3.8) is 0 Å². The molecule has 0 nitrogen and oxygen atoms in total. The molecule has 0 saturated carbocycles. The number of hydrogen-bond acceptors (Lipinski definition) is 0. The molecule has 1 atom stereocenters. The first-order chi connectivity index (χ1) is 6.75. The summed E-state index contributed by atoms with van der Waals surface area (Å²) in [6.45, 7) is 2.87. The first-order valence-corrected chi connectivity index (χ1v) is 5.17. The third-order valence-corrected chi connectivity index (χ3v) is 2.62. The topological polar surface area (TPSA) is 0 Å². The van der Waals surface area contributed by atoms with Gasteiger partial charge in [0.1, 0.15) is 5.82 Å². The summed E-state index contributed by atoms with van der Waals surface area (Å²) >= 11 is 3.08. The van der Waals surface area contributed by atoms with Gasteiger partial charge in [0.25, 0.3) is 0 Å². The van der Waals surface area contributed by atoms with Crippen LogP contribution in [0.4, 0.5) is 17.6 Å². The first kappa shape index (κ1) is 12.5. The van der Waals surface area contributed by atoms with Crippen molar-refractivity contribution in [1.29, 1.82) is 0 Å². The maximum atomic E-state index is 13.3. The minimum absolute atomic E-state index is 0.0600. The lowest BCUT2D eigenvalue weighted by molar-refractivity contribution is -0.138. The smallest absolute Gasteiger partial charge is 0.207 e. The Hall–Kier alpha value is -0.580. The quantitative estimate of drug-likeness (QED) is 0.522. The van der Waals surface area contributed by atoms with Gasteiger partial charge in [0.2, 0.25) is 0 Å². The normalized spacial score (nSPS) is 14.1. The summed E-state index contributed by atoms with van der Waals surface area (Å²) in [4.78, 5) is -0.445. The highest BCUT2D eigenvalue weighted by Crippen LogP contribution is 2.37. The molecule has 0 aliphatic rings. The monoisotopic (exact) mass is 284 g/mol. The molecule has 0 aliphatic carbocycles. The van der Waals surface area contributed by atoms with Gasteiger partial charge < -0.3 is 0 Å². The summed E-state index contributed by atoms with van der Waals surface area (Å²) in [5, 5.41) is 0. The zero-order valence-corrected chi connectivity index (χ0v) is 9.71. The maximum absolute atomic E-state index is 13.3. The molecule has 0 spiro atoms. The number of alkyl halides is 4. The lowest BCUT2D eigenvalue weighted by atomic mass is 9.99. The van der Waals surface area contributed by atoms with Crippen molar-refractivity contribution in [1.82, 2.24) is 0 Å².